The molecule has 3 rings (SSSR count). The predicted molar refractivity (Wildman–Crippen MR) is 78.8 cm³/mol. The maximum atomic E-state index is 12.2. The summed E-state index contributed by atoms with van der Waals surface area (Å²) in [5, 5.41) is 7.23. The van der Waals surface area contributed by atoms with Gasteiger partial charge >= 0.3 is 0 Å². The van der Waals surface area contributed by atoms with E-state index in [-0.39, 0.29) is 11.8 Å². The molecule has 1 aromatic heterocycles. The molecule has 1 aliphatic rings. The standard InChI is InChI=1S/C16H19N3O/c20-16(13-6-2-1-3-7-13)18-14-8-4-9-15(12-14)19-11-5-10-17-19/h4-5,8-13H,1-3,6-7H2,(H,18,20). The summed E-state index contributed by atoms with van der Waals surface area (Å²) < 4.78 is 1.79. The zero-order valence-electron chi connectivity index (χ0n) is 11.5. The fraction of sp³-hybridized carbons (Fsp3) is 0.375. The summed E-state index contributed by atoms with van der Waals surface area (Å²) in [5.41, 5.74) is 1.80. The van der Waals surface area contributed by atoms with Crippen LogP contribution in [0.4, 0.5) is 5.69 Å². The van der Waals surface area contributed by atoms with Crippen molar-refractivity contribution in [1.29, 1.82) is 0 Å². The molecule has 104 valence electrons. The fourth-order valence-corrected chi connectivity index (χ4v) is 2.76. The van der Waals surface area contributed by atoms with Crippen molar-refractivity contribution in [3.63, 3.8) is 0 Å². The zero-order chi connectivity index (χ0) is 13.8. The van der Waals surface area contributed by atoms with Crippen LogP contribution in [0.1, 0.15) is 32.1 Å². The molecule has 0 saturated heterocycles. The number of benzene rings is 1. The van der Waals surface area contributed by atoms with Crippen LogP contribution in [-0.2, 0) is 4.79 Å². The average Bonchev–Trinajstić information content (AvgIpc) is 3.03. The molecule has 1 amide bonds. The monoisotopic (exact) mass is 269 g/mol. The van der Waals surface area contributed by atoms with Gasteiger partial charge in [-0.15, -0.1) is 0 Å². The largest absolute Gasteiger partial charge is 0.326 e. The molecule has 0 aliphatic heterocycles. The number of rotatable bonds is 3. The molecule has 20 heavy (non-hydrogen) atoms. The second kappa shape index (κ2) is 5.90. The summed E-state index contributed by atoms with van der Waals surface area (Å²) in [6.07, 6.45) is 9.28. The molecule has 1 fully saturated rings. The van der Waals surface area contributed by atoms with Gasteiger partial charge in [0.25, 0.3) is 0 Å². The van der Waals surface area contributed by atoms with E-state index < -0.39 is 0 Å². The van der Waals surface area contributed by atoms with Crippen LogP contribution >= 0.6 is 0 Å². The molecule has 0 atom stereocenters. The van der Waals surface area contributed by atoms with Crippen molar-refractivity contribution < 1.29 is 4.79 Å². The van der Waals surface area contributed by atoms with Crippen LogP contribution in [0.15, 0.2) is 42.7 Å². The first kappa shape index (κ1) is 12.9. The Kier molecular flexibility index (Phi) is 3.81. The normalized spacial score (nSPS) is 16.0. The molecule has 1 aliphatic carbocycles. The Morgan fingerprint density at radius 2 is 2.05 bits per heavy atom. The van der Waals surface area contributed by atoms with Crippen molar-refractivity contribution in [3.8, 4) is 5.69 Å². The predicted octanol–water partition coefficient (Wildman–Crippen LogP) is 3.39. The van der Waals surface area contributed by atoms with Crippen LogP contribution < -0.4 is 5.32 Å². The van der Waals surface area contributed by atoms with Gasteiger partial charge in [0.05, 0.1) is 5.69 Å². The second-order valence-electron chi connectivity index (χ2n) is 5.33. The third kappa shape index (κ3) is 2.90. The maximum absolute atomic E-state index is 12.2. The van der Waals surface area contributed by atoms with Gasteiger partial charge in [-0.3, -0.25) is 4.79 Å². The summed E-state index contributed by atoms with van der Waals surface area (Å²) in [6.45, 7) is 0. The minimum atomic E-state index is 0.155. The van der Waals surface area contributed by atoms with E-state index in [2.05, 4.69) is 10.4 Å². The van der Waals surface area contributed by atoms with Crippen molar-refractivity contribution in [2.24, 2.45) is 5.92 Å². The Morgan fingerprint density at radius 1 is 1.20 bits per heavy atom. The van der Waals surface area contributed by atoms with Gasteiger partial charge in [-0.05, 0) is 37.1 Å². The highest BCUT2D eigenvalue weighted by Gasteiger charge is 2.21. The lowest BCUT2D eigenvalue weighted by Crippen LogP contribution is -2.24. The Hall–Kier alpha value is -2.10. The lowest BCUT2D eigenvalue weighted by molar-refractivity contribution is -0.120. The van der Waals surface area contributed by atoms with E-state index >= 15 is 0 Å². The minimum Gasteiger partial charge on any atom is -0.326 e. The lowest BCUT2D eigenvalue weighted by atomic mass is 9.88. The number of nitrogens with one attached hydrogen (secondary N) is 1. The molecule has 1 aromatic carbocycles. The lowest BCUT2D eigenvalue weighted by Gasteiger charge is -2.20. The summed E-state index contributed by atoms with van der Waals surface area (Å²) in [7, 11) is 0. The molecule has 4 heteroatoms. The Morgan fingerprint density at radius 3 is 2.80 bits per heavy atom. The first-order chi connectivity index (χ1) is 9.83. The minimum absolute atomic E-state index is 0.155. The topological polar surface area (TPSA) is 46.9 Å². The van der Waals surface area contributed by atoms with Crippen LogP contribution in [-0.4, -0.2) is 15.7 Å². The van der Waals surface area contributed by atoms with Gasteiger partial charge in [0.15, 0.2) is 0 Å². The van der Waals surface area contributed by atoms with Crippen LogP contribution in [0, 0.1) is 5.92 Å². The molecule has 1 N–H and O–H groups in total. The van der Waals surface area contributed by atoms with E-state index in [0.717, 1.165) is 24.2 Å². The van der Waals surface area contributed by atoms with Crippen LogP contribution in [0.25, 0.3) is 5.69 Å². The Labute approximate surface area is 118 Å². The molecule has 1 heterocycles. The molecular formula is C16H19N3O. The SMILES string of the molecule is O=C(Nc1cccc(-n2cccn2)c1)C1CCCCC1. The van der Waals surface area contributed by atoms with Crippen LogP contribution in [0.2, 0.25) is 0 Å². The van der Waals surface area contributed by atoms with Crippen molar-refractivity contribution in [1.82, 2.24) is 9.78 Å². The fourth-order valence-electron chi connectivity index (χ4n) is 2.76. The van der Waals surface area contributed by atoms with Gasteiger partial charge < -0.3 is 5.32 Å². The molecule has 2 aromatic rings. The van der Waals surface area contributed by atoms with Crippen molar-refractivity contribution >= 4 is 11.6 Å². The molecule has 0 bridgehead atoms. The van der Waals surface area contributed by atoms with Gasteiger partial charge in [0.2, 0.25) is 5.91 Å². The molecule has 0 spiro atoms. The van der Waals surface area contributed by atoms with Crippen LogP contribution in [0.3, 0.4) is 0 Å². The molecule has 0 unspecified atom stereocenters. The summed E-state index contributed by atoms with van der Waals surface area (Å²) in [6, 6.07) is 9.67. The number of carbonyl (C=O) groups excluding carboxylic acids is 1. The highest BCUT2D eigenvalue weighted by molar-refractivity contribution is 5.92. The maximum Gasteiger partial charge on any atom is 0.227 e. The highest BCUT2D eigenvalue weighted by atomic mass is 16.1. The Balaban J connectivity index is 1.71. The smallest absolute Gasteiger partial charge is 0.227 e. The van der Waals surface area contributed by atoms with Gasteiger partial charge in [-0.2, -0.15) is 5.10 Å². The van der Waals surface area contributed by atoms with Crippen molar-refractivity contribution in [2.45, 2.75) is 32.1 Å². The van der Waals surface area contributed by atoms with Crippen LogP contribution in [0.5, 0.6) is 0 Å². The quantitative estimate of drug-likeness (QED) is 0.928. The van der Waals surface area contributed by atoms with Gasteiger partial charge in [-0.25, -0.2) is 4.68 Å². The van der Waals surface area contributed by atoms with E-state index in [9.17, 15) is 4.79 Å². The van der Waals surface area contributed by atoms with E-state index in [0.29, 0.717) is 0 Å². The van der Waals surface area contributed by atoms with E-state index in [1.54, 1.807) is 10.9 Å². The van der Waals surface area contributed by atoms with E-state index in [1.807, 2.05) is 36.5 Å². The zero-order valence-corrected chi connectivity index (χ0v) is 11.5. The number of aromatic nitrogens is 2. The summed E-state index contributed by atoms with van der Waals surface area (Å²) in [5.74, 6) is 0.333. The van der Waals surface area contributed by atoms with E-state index in [4.69, 9.17) is 0 Å². The number of carbonyl (C=O) groups is 1. The Bertz CT molecular complexity index is 571. The summed E-state index contributed by atoms with van der Waals surface area (Å²) in [4.78, 5) is 12.2. The second-order valence-corrected chi connectivity index (χ2v) is 5.33. The van der Waals surface area contributed by atoms with E-state index in [1.165, 1.54) is 19.3 Å². The molecule has 1 saturated carbocycles. The van der Waals surface area contributed by atoms with Crippen molar-refractivity contribution in [2.75, 3.05) is 5.32 Å². The number of amides is 1. The third-order valence-corrected chi connectivity index (χ3v) is 3.86. The average molecular weight is 269 g/mol. The van der Waals surface area contributed by atoms with Gasteiger partial charge in [-0.1, -0.05) is 25.3 Å². The first-order valence-electron chi connectivity index (χ1n) is 7.24. The molecular weight excluding hydrogens is 250 g/mol. The number of nitrogens with zero attached hydrogens (tertiary/aromatic N) is 2. The van der Waals surface area contributed by atoms with Gasteiger partial charge in [0.1, 0.15) is 0 Å². The highest BCUT2D eigenvalue weighted by Crippen LogP contribution is 2.25. The number of hydrogen-bond acceptors (Lipinski definition) is 2. The third-order valence-electron chi connectivity index (χ3n) is 3.86. The number of anilines is 1. The van der Waals surface area contributed by atoms with Crippen molar-refractivity contribution in [3.05, 3.63) is 42.7 Å². The molecule has 0 radical (unpaired) electrons. The first-order valence-corrected chi connectivity index (χ1v) is 7.24. The number of hydrogen-bond donors (Lipinski definition) is 1. The van der Waals surface area contributed by atoms with Gasteiger partial charge in [0, 0.05) is 24.0 Å². The summed E-state index contributed by atoms with van der Waals surface area (Å²) >= 11 is 0. The molecule has 4 nitrogen and oxygen atoms in total.